The largest absolute Gasteiger partial charge is 0.493 e. The third kappa shape index (κ3) is 17.5. The van der Waals surface area contributed by atoms with Crippen molar-refractivity contribution in [2.45, 2.75) is 252 Å². The lowest BCUT2D eigenvalue weighted by atomic mass is 9.99. The Morgan fingerprint density at radius 2 is 0.853 bits per heavy atom. The maximum atomic E-state index is 12.7. The van der Waals surface area contributed by atoms with Crippen LogP contribution in [0.25, 0.3) is 11.1 Å². The minimum atomic E-state index is -2.88. The van der Waals surface area contributed by atoms with E-state index >= 15 is 0 Å². The van der Waals surface area contributed by atoms with Crippen LogP contribution in [0.5, 0.6) is 5.75 Å². The minimum absolute atomic E-state index is 0.784. The monoisotopic (exact) mass is 939 g/mol. The van der Waals surface area contributed by atoms with Gasteiger partial charge in [-0.2, -0.15) is 0 Å². The minimum Gasteiger partial charge on any atom is -0.493 e. The number of rotatable bonds is 40. The summed E-state index contributed by atoms with van der Waals surface area (Å²) in [6.07, 6.45) is 46.9. The second-order valence-corrected chi connectivity index (χ2v) is 24.8. The Morgan fingerprint density at radius 3 is 1.37 bits per heavy atom. The molecule has 4 aromatic rings. The van der Waals surface area contributed by atoms with E-state index in [1.54, 1.807) is 0 Å². The van der Waals surface area contributed by atoms with E-state index in [9.17, 15) is 4.79 Å². The zero-order chi connectivity index (χ0) is 47.9. The number of benzene rings is 4. The number of hydrogen-bond acceptors (Lipinski definition) is 2. The molecule has 0 saturated heterocycles. The second-order valence-electron chi connectivity index (χ2n) is 21.1. The average molecular weight is 940 g/mol. The topological polar surface area (TPSA) is 26.3 Å². The lowest BCUT2D eigenvalue weighted by molar-refractivity contribution is 0.112. The molecule has 1 heterocycles. The zero-order valence-electron chi connectivity index (χ0n) is 44.4. The van der Waals surface area contributed by atoms with E-state index in [1.807, 2.05) is 6.07 Å². The Kier molecular flexibility index (Phi) is 27.1. The van der Waals surface area contributed by atoms with Crippen molar-refractivity contribution in [3.05, 3.63) is 101 Å². The maximum Gasteiger partial charge on any atom is 0.180 e. The van der Waals surface area contributed by atoms with E-state index in [-0.39, 0.29) is 0 Å². The molecule has 1 atom stereocenters. The molecule has 1 aliphatic rings. The first-order chi connectivity index (χ1) is 33.6. The van der Waals surface area contributed by atoms with Gasteiger partial charge in [0, 0.05) is 5.56 Å². The van der Waals surface area contributed by atoms with Gasteiger partial charge in [0.15, 0.2) is 8.07 Å². The van der Waals surface area contributed by atoms with Gasteiger partial charge in [-0.05, 0) is 99.6 Å². The molecule has 1 aliphatic heterocycles. The highest BCUT2D eigenvalue weighted by Crippen LogP contribution is 2.32. The molecule has 0 bridgehead atoms. The van der Waals surface area contributed by atoms with Crippen LogP contribution in [0, 0.1) is 0 Å². The molecule has 4 aromatic carbocycles. The van der Waals surface area contributed by atoms with Gasteiger partial charge in [-0.1, -0.05) is 280 Å². The number of carbonyl (C=O) groups excluding carboxylic acids is 1. The van der Waals surface area contributed by atoms with Crippen molar-refractivity contribution in [2.75, 3.05) is 6.61 Å². The van der Waals surface area contributed by atoms with E-state index in [1.165, 1.54) is 248 Å². The van der Waals surface area contributed by atoms with Gasteiger partial charge in [-0.3, -0.25) is 4.79 Å². The molecule has 0 aliphatic carbocycles. The molecule has 1 unspecified atom stereocenters. The smallest absolute Gasteiger partial charge is 0.180 e. The van der Waals surface area contributed by atoms with Crippen LogP contribution in [-0.4, -0.2) is 21.0 Å². The van der Waals surface area contributed by atoms with Crippen molar-refractivity contribution in [3.63, 3.8) is 0 Å². The van der Waals surface area contributed by atoms with Crippen LogP contribution in [0.3, 0.4) is 0 Å². The Bertz CT molecular complexity index is 1940. The molecule has 0 fully saturated rings. The van der Waals surface area contributed by atoms with Gasteiger partial charge in [0.05, 0.1) is 6.61 Å². The summed E-state index contributed by atoms with van der Waals surface area (Å²) in [7, 11) is -2.88. The summed E-state index contributed by atoms with van der Waals surface area (Å²) in [5.41, 5.74) is 7.85. The predicted octanol–water partition coefficient (Wildman–Crippen LogP) is 17.4. The summed E-state index contributed by atoms with van der Waals surface area (Å²) in [5, 5.41) is 5.81. The van der Waals surface area contributed by atoms with Gasteiger partial charge in [0.25, 0.3) is 0 Å². The van der Waals surface area contributed by atoms with Crippen molar-refractivity contribution in [3.8, 4) is 16.9 Å². The Morgan fingerprint density at radius 1 is 0.397 bits per heavy atom. The van der Waals surface area contributed by atoms with E-state index < -0.39 is 8.07 Å². The summed E-state index contributed by atoms with van der Waals surface area (Å²) < 4.78 is 6.83. The molecule has 0 saturated carbocycles. The van der Waals surface area contributed by atoms with Crippen LogP contribution < -0.4 is 25.5 Å². The molecule has 68 heavy (non-hydrogen) atoms. The highest BCUT2D eigenvalue weighted by Gasteiger charge is 2.49. The van der Waals surface area contributed by atoms with Gasteiger partial charge in [0.2, 0.25) is 0 Å². The first-order valence-corrected chi connectivity index (χ1v) is 31.2. The number of fused-ring (bicyclic) bond motifs is 3. The highest BCUT2D eigenvalue weighted by molar-refractivity contribution is 7.22. The van der Waals surface area contributed by atoms with Crippen molar-refractivity contribution < 1.29 is 9.53 Å². The SMILES string of the molecule is CCCCCCCCCCCCOc1ccc([Si]2(c3cc(CCCCCCCCCC)cc(CCCCCCCCCC)c3)c3ccccc3-c3ccc(C=O)cc32)cc1CCCCCCCC. The number of aldehydes is 1. The number of aryl methyl sites for hydroxylation is 3. The van der Waals surface area contributed by atoms with Crippen LogP contribution in [0.1, 0.15) is 260 Å². The molecule has 2 nitrogen and oxygen atoms in total. The summed E-state index contributed by atoms with van der Waals surface area (Å²) >= 11 is 0. The van der Waals surface area contributed by atoms with Crippen LogP contribution >= 0.6 is 0 Å². The third-order valence-corrected chi connectivity index (χ3v) is 20.2. The first kappa shape index (κ1) is 55.5. The molecule has 3 heteroatoms. The molecule has 374 valence electrons. The fraction of sp³-hybridized carbons (Fsp3) is 0.615. The summed E-state index contributed by atoms with van der Waals surface area (Å²) in [5.74, 6) is 1.09. The van der Waals surface area contributed by atoms with E-state index in [2.05, 4.69) is 100 Å². The molecule has 0 amide bonds. The number of unbranched alkanes of at least 4 members (excludes halogenated alkanes) is 28. The summed E-state index contributed by atoms with van der Waals surface area (Å²) in [6, 6.07) is 31.2. The van der Waals surface area contributed by atoms with Gasteiger partial charge >= 0.3 is 0 Å². The predicted molar refractivity (Wildman–Crippen MR) is 301 cm³/mol. The average Bonchev–Trinajstić information content (AvgIpc) is 3.66. The Labute approximate surface area is 419 Å². The molecule has 5 rings (SSSR count). The number of ether oxygens (including phenoxy) is 1. The molecule has 0 radical (unpaired) electrons. The lowest BCUT2D eigenvalue weighted by Crippen LogP contribution is -2.73. The standard InChI is InChI=1S/C65H98O2Si/c1-5-9-13-17-21-24-25-28-32-38-48-67-63-47-45-59(53-58(63)41-35-31-20-16-12-8-4)68(64-43-37-36-42-61(64)62-46-44-57(54-66)52-65(62)68)60-50-55(39-33-29-26-22-18-14-10-6-2)49-56(51-60)40-34-30-27-23-19-15-11-7-3/h36-37,42-47,49-54H,5-35,38-41,48H2,1-4H3. The second kappa shape index (κ2) is 33.2. The van der Waals surface area contributed by atoms with E-state index in [0.717, 1.165) is 49.9 Å². The van der Waals surface area contributed by atoms with Crippen molar-refractivity contribution >= 4 is 35.1 Å². The molecule has 0 spiro atoms. The van der Waals surface area contributed by atoms with Gasteiger partial charge in [-0.15, -0.1) is 0 Å². The normalized spacial score (nSPS) is 14.1. The fourth-order valence-electron chi connectivity index (χ4n) is 11.4. The summed E-state index contributed by atoms with van der Waals surface area (Å²) in [6.45, 7) is 10.0. The maximum absolute atomic E-state index is 12.7. The summed E-state index contributed by atoms with van der Waals surface area (Å²) in [4.78, 5) is 12.7. The molecular weight excluding hydrogens is 841 g/mol. The fourth-order valence-corrected chi connectivity index (χ4v) is 16.7. The van der Waals surface area contributed by atoms with Crippen molar-refractivity contribution in [1.82, 2.24) is 0 Å². The van der Waals surface area contributed by atoms with Crippen LogP contribution in [0.15, 0.2) is 78.9 Å². The Hall–Kier alpha value is -3.43. The Balaban J connectivity index is 1.51. The van der Waals surface area contributed by atoms with E-state index in [0.29, 0.717) is 0 Å². The first-order valence-electron chi connectivity index (χ1n) is 29.2. The van der Waals surface area contributed by atoms with Crippen LogP contribution in [0.4, 0.5) is 0 Å². The number of hydrogen-bond donors (Lipinski definition) is 0. The van der Waals surface area contributed by atoms with Crippen LogP contribution in [-0.2, 0) is 19.3 Å². The van der Waals surface area contributed by atoms with Gasteiger partial charge < -0.3 is 4.74 Å². The molecule has 0 N–H and O–H groups in total. The number of carbonyl (C=O) groups is 1. The lowest BCUT2D eigenvalue weighted by Gasteiger charge is -2.33. The van der Waals surface area contributed by atoms with Crippen LogP contribution in [0.2, 0.25) is 0 Å². The van der Waals surface area contributed by atoms with Crippen molar-refractivity contribution in [1.29, 1.82) is 0 Å². The quantitative estimate of drug-likeness (QED) is 0.0222. The van der Waals surface area contributed by atoms with Gasteiger partial charge in [0.1, 0.15) is 12.0 Å². The van der Waals surface area contributed by atoms with Gasteiger partial charge in [-0.25, -0.2) is 0 Å². The third-order valence-electron chi connectivity index (χ3n) is 15.4. The van der Waals surface area contributed by atoms with E-state index in [4.69, 9.17) is 4.74 Å². The van der Waals surface area contributed by atoms with Crippen molar-refractivity contribution in [2.24, 2.45) is 0 Å². The zero-order valence-corrected chi connectivity index (χ0v) is 45.4. The molecule has 0 aromatic heterocycles. The highest BCUT2D eigenvalue weighted by atomic mass is 28.3. The molecular formula is C65H98O2Si.